The Kier molecular flexibility index (Phi) is 7.52. The van der Waals surface area contributed by atoms with Gasteiger partial charge in [-0.25, -0.2) is 0 Å². The monoisotopic (exact) mass is 437 g/mol. The Morgan fingerprint density at radius 1 is 1.03 bits per heavy atom. The molecular formula is C25H31N3O4. The predicted octanol–water partition coefficient (Wildman–Crippen LogP) is 3.09. The van der Waals surface area contributed by atoms with Crippen LogP contribution < -0.4 is 10.6 Å². The summed E-state index contributed by atoms with van der Waals surface area (Å²) in [6.45, 7) is 4.74. The van der Waals surface area contributed by atoms with Crippen LogP contribution in [-0.4, -0.2) is 55.3 Å². The lowest BCUT2D eigenvalue weighted by molar-refractivity contribution is -0.127. The third-order valence-electron chi connectivity index (χ3n) is 5.99. The molecule has 0 radical (unpaired) electrons. The van der Waals surface area contributed by atoms with Crippen LogP contribution in [0.3, 0.4) is 0 Å². The number of nitrogens with zero attached hydrogens (tertiary/aromatic N) is 1. The van der Waals surface area contributed by atoms with E-state index in [9.17, 15) is 9.59 Å². The Labute approximate surface area is 189 Å². The third-order valence-corrected chi connectivity index (χ3v) is 5.99. The van der Waals surface area contributed by atoms with Crippen molar-refractivity contribution in [3.63, 3.8) is 0 Å². The molecule has 4 rings (SSSR count). The molecule has 2 heterocycles. The first-order valence-corrected chi connectivity index (χ1v) is 11.3. The molecule has 2 amide bonds. The first-order valence-electron chi connectivity index (χ1n) is 11.3. The number of aryl methyl sites for hydroxylation is 1. The molecule has 7 heteroatoms. The first kappa shape index (κ1) is 22.5. The summed E-state index contributed by atoms with van der Waals surface area (Å²) in [5, 5.41) is 5.87. The molecule has 2 aliphatic rings. The average molecular weight is 438 g/mol. The van der Waals surface area contributed by atoms with Crippen molar-refractivity contribution in [1.82, 2.24) is 10.2 Å². The van der Waals surface area contributed by atoms with Gasteiger partial charge in [0.05, 0.1) is 37.1 Å². The standard InChI is InChI=1S/C25H31N3O4/c1-18-9-11-19(12-10-18)16-26-24(30)20-6-2-3-7-21(20)27-23(29)17-28-13-5-4-8-22(28)25-31-14-15-32-25/h2-3,6-7,9-12,22,25H,4-5,8,13-17H2,1H3,(H,26,30)(H,27,29). The van der Waals surface area contributed by atoms with E-state index in [0.717, 1.165) is 31.4 Å². The van der Waals surface area contributed by atoms with Gasteiger partial charge in [0.25, 0.3) is 5.91 Å². The number of rotatable bonds is 7. The molecule has 0 aliphatic carbocycles. The van der Waals surface area contributed by atoms with Crippen LogP contribution in [0.5, 0.6) is 0 Å². The van der Waals surface area contributed by atoms with Crippen molar-refractivity contribution in [2.24, 2.45) is 0 Å². The number of amides is 2. The summed E-state index contributed by atoms with van der Waals surface area (Å²) in [7, 11) is 0. The highest BCUT2D eigenvalue weighted by atomic mass is 16.7. The number of anilines is 1. The van der Waals surface area contributed by atoms with Crippen LogP contribution in [0.1, 0.15) is 40.7 Å². The van der Waals surface area contributed by atoms with Crippen LogP contribution in [0.15, 0.2) is 48.5 Å². The van der Waals surface area contributed by atoms with Crippen LogP contribution in [0.4, 0.5) is 5.69 Å². The summed E-state index contributed by atoms with van der Waals surface area (Å²) in [6.07, 6.45) is 2.85. The Morgan fingerprint density at radius 2 is 1.78 bits per heavy atom. The number of ether oxygens (including phenoxy) is 2. The van der Waals surface area contributed by atoms with Gasteiger partial charge >= 0.3 is 0 Å². The molecule has 2 aromatic rings. The third kappa shape index (κ3) is 5.73. The minimum absolute atomic E-state index is 0.0880. The summed E-state index contributed by atoms with van der Waals surface area (Å²) in [6, 6.07) is 15.2. The molecule has 2 aromatic carbocycles. The fourth-order valence-electron chi connectivity index (χ4n) is 4.27. The fourth-order valence-corrected chi connectivity index (χ4v) is 4.27. The highest BCUT2D eigenvalue weighted by Crippen LogP contribution is 2.24. The zero-order chi connectivity index (χ0) is 22.3. The quantitative estimate of drug-likeness (QED) is 0.696. The molecule has 170 valence electrons. The number of carbonyl (C=O) groups excluding carboxylic acids is 2. The smallest absolute Gasteiger partial charge is 0.253 e. The topological polar surface area (TPSA) is 79.9 Å². The first-order chi connectivity index (χ1) is 15.6. The zero-order valence-corrected chi connectivity index (χ0v) is 18.5. The average Bonchev–Trinajstić information content (AvgIpc) is 3.34. The largest absolute Gasteiger partial charge is 0.349 e. The predicted molar refractivity (Wildman–Crippen MR) is 122 cm³/mol. The van der Waals surface area contributed by atoms with E-state index in [4.69, 9.17) is 9.47 Å². The van der Waals surface area contributed by atoms with Crippen LogP contribution in [0, 0.1) is 6.92 Å². The molecule has 1 unspecified atom stereocenters. The minimum Gasteiger partial charge on any atom is -0.349 e. The van der Waals surface area contributed by atoms with Crippen molar-refractivity contribution in [3.8, 4) is 0 Å². The lowest BCUT2D eigenvalue weighted by Gasteiger charge is -2.37. The normalized spacial score (nSPS) is 19.6. The maximum absolute atomic E-state index is 12.9. The summed E-state index contributed by atoms with van der Waals surface area (Å²) in [5.74, 6) is -0.362. The van der Waals surface area contributed by atoms with Crippen LogP contribution in [0.2, 0.25) is 0 Å². The van der Waals surface area contributed by atoms with Gasteiger partial charge in [0.15, 0.2) is 6.29 Å². The Hall–Kier alpha value is -2.74. The summed E-state index contributed by atoms with van der Waals surface area (Å²) in [4.78, 5) is 27.8. The number of hydrogen-bond donors (Lipinski definition) is 2. The fraction of sp³-hybridized carbons (Fsp3) is 0.440. The molecule has 32 heavy (non-hydrogen) atoms. The van der Waals surface area contributed by atoms with E-state index in [1.165, 1.54) is 5.56 Å². The van der Waals surface area contributed by atoms with Crippen molar-refractivity contribution in [1.29, 1.82) is 0 Å². The molecule has 7 nitrogen and oxygen atoms in total. The van der Waals surface area contributed by atoms with Crippen LogP contribution >= 0.6 is 0 Å². The van der Waals surface area contributed by atoms with E-state index in [-0.39, 0.29) is 30.7 Å². The molecule has 2 saturated heterocycles. The van der Waals surface area contributed by atoms with Gasteiger partial charge < -0.3 is 20.1 Å². The molecule has 2 aliphatic heterocycles. The second-order valence-electron chi connectivity index (χ2n) is 8.41. The number of nitrogens with one attached hydrogen (secondary N) is 2. The van der Waals surface area contributed by atoms with E-state index in [2.05, 4.69) is 15.5 Å². The van der Waals surface area contributed by atoms with E-state index >= 15 is 0 Å². The lowest BCUT2D eigenvalue weighted by Crippen LogP contribution is -2.50. The maximum atomic E-state index is 12.9. The van der Waals surface area contributed by atoms with Crippen molar-refractivity contribution in [3.05, 3.63) is 65.2 Å². The van der Waals surface area contributed by atoms with Crippen molar-refractivity contribution >= 4 is 17.5 Å². The van der Waals surface area contributed by atoms with Crippen molar-refractivity contribution in [2.75, 3.05) is 31.6 Å². The molecule has 0 bridgehead atoms. The number of benzene rings is 2. The summed E-state index contributed by atoms with van der Waals surface area (Å²) >= 11 is 0. The van der Waals surface area contributed by atoms with Gasteiger partial charge in [-0.05, 0) is 44.0 Å². The van der Waals surface area contributed by atoms with Crippen molar-refractivity contribution < 1.29 is 19.1 Å². The molecule has 2 N–H and O–H groups in total. The summed E-state index contributed by atoms with van der Waals surface area (Å²) < 4.78 is 11.4. The van der Waals surface area contributed by atoms with Crippen LogP contribution in [0.25, 0.3) is 0 Å². The second kappa shape index (κ2) is 10.7. The van der Waals surface area contributed by atoms with E-state index in [1.807, 2.05) is 37.3 Å². The van der Waals surface area contributed by atoms with Gasteiger partial charge in [0, 0.05) is 6.54 Å². The van der Waals surface area contributed by atoms with Crippen molar-refractivity contribution in [2.45, 2.75) is 45.1 Å². The lowest BCUT2D eigenvalue weighted by atomic mass is 10.0. The van der Waals surface area contributed by atoms with Gasteiger partial charge in [0.2, 0.25) is 5.91 Å². The van der Waals surface area contributed by atoms with Gasteiger partial charge in [-0.3, -0.25) is 14.5 Å². The Morgan fingerprint density at radius 3 is 2.56 bits per heavy atom. The molecule has 2 fully saturated rings. The number of para-hydroxylation sites is 1. The van der Waals surface area contributed by atoms with Gasteiger partial charge in [-0.1, -0.05) is 48.4 Å². The highest BCUT2D eigenvalue weighted by Gasteiger charge is 2.34. The van der Waals surface area contributed by atoms with E-state index < -0.39 is 0 Å². The SMILES string of the molecule is Cc1ccc(CNC(=O)c2ccccc2NC(=O)CN2CCCCC2C2OCCO2)cc1. The van der Waals surface area contributed by atoms with E-state index in [1.54, 1.807) is 18.2 Å². The second-order valence-corrected chi connectivity index (χ2v) is 8.41. The molecule has 0 aromatic heterocycles. The number of piperidine rings is 1. The van der Waals surface area contributed by atoms with Gasteiger partial charge in [-0.2, -0.15) is 0 Å². The zero-order valence-electron chi connectivity index (χ0n) is 18.5. The Bertz CT molecular complexity index is 925. The van der Waals surface area contributed by atoms with Gasteiger partial charge in [0.1, 0.15) is 0 Å². The van der Waals surface area contributed by atoms with Crippen LogP contribution in [-0.2, 0) is 20.8 Å². The highest BCUT2D eigenvalue weighted by molar-refractivity contribution is 6.04. The molecule has 0 saturated carbocycles. The minimum atomic E-state index is -0.261. The molecule has 0 spiro atoms. The maximum Gasteiger partial charge on any atom is 0.253 e. The van der Waals surface area contributed by atoms with Gasteiger partial charge in [-0.15, -0.1) is 0 Å². The number of carbonyl (C=O) groups is 2. The summed E-state index contributed by atoms with van der Waals surface area (Å²) in [5.41, 5.74) is 3.17. The molecular weight excluding hydrogens is 406 g/mol. The molecule has 1 atom stereocenters. The number of likely N-dealkylation sites (tertiary alicyclic amines) is 1. The Balaban J connectivity index is 1.36. The number of hydrogen-bond acceptors (Lipinski definition) is 5. The van der Waals surface area contributed by atoms with E-state index in [0.29, 0.717) is 31.0 Å².